The number of rotatable bonds is 8. The Balaban J connectivity index is 2.43. The van der Waals surface area contributed by atoms with Crippen LogP contribution in [0.4, 0.5) is 0 Å². The lowest BCUT2D eigenvalue weighted by atomic mass is 10.4. The lowest BCUT2D eigenvalue weighted by Gasteiger charge is -2.12. The van der Waals surface area contributed by atoms with Crippen molar-refractivity contribution >= 4 is 0 Å². The summed E-state index contributed by atoms with van der Waals surface area (Å²) in [6.07, 6.45) is 1.25. The van der Waals surface area contributed by atoms with E-state index in [9.17, 15) is 0 Å². The third-order valence-corrected chi connectivity index (χ3v) is 2.20. The molecule has 1 atom stereocenters. The van der Waals surface area contributed by atoms with E-state index in [1.54, 1.807) is 4.68 Å². The van der Waals surface area contributed by atoms with Crippen LogP contribution in [0.5, 0.6) is 0 Å². The van der Waals surface area contributed by atoms with Crippen molar-refractivity contribution in [3.63, 3.8) is 0 Å². The van der Waals surface area contributed by atoms with Gasteiger partial charge < -0.3 is 10.1 Å². The van der Waals surface area contributed by atoms with E-state index in [-0.39, 0.29) is 6.10 Å². The molecule has 0 fully saturated rings. The number of hydrogen-bond donors (Lipinski definition) is 1. The minimum atomic E-state index is 0.137. The van der Waals surface area contributed by atoms with Gasteiger partial charge in [0.15, 0.2) is 5.82 Å². The largest absolute Gasteiger partial charge is 0.377 e. The van der Waals surface area contributed by atoms with Gasteiger partial charge in [0.2, 0.25) is 0 Å². The number of ether oxygens (including phenoxy) is 1. The van der Waals surface area contributed by atoms with Crippen LogP contribution in [0.15, 0.2) is 0 Å². The Labute approximate surface area is 96.4 Å². The minimum absolute atomic E-state index is 0.137. The predicted octanol–water partition coefficient (Wildman–Crippen LogP) is 0.598. The molecule has 1 heterocycles. The summed E-state index contributed by atoms with van der Waals surface area (Å²) < 4.78 is 7.25. The number of aromatic nitrogens is 4. The van der Waals surface area contributed by atoms with Gasteiger partial charge in [-0.3, -0.25) is 0 Å². The van der Waals surface area contributed by atoms with Crippen molar-refractivity contribution in [2.24, 2.45) is 0 Å². The summed E-state index contributed by atoms with van der Waals surface area (Å²) in [4.78, 5) is 0. The van der Waals surface area contributed by atoms with Gasteiger partial charge in [0.05, 0.1) is 19.2 Å². The van der Waals surface area contributed by atoms with Crippen LogP contribution in [0, 0.1) is 0 Å². The van der Waals surface area contributed by atoms with E-state index < -0.39 is 0 Å². The summed E-state index contributed by atoms with van der Waals surface area (Å²) in [5.41, 5.74) is 0. The molecule has 0 saturated carbocycles. The highest BCUT2D eigenvalue weighted by Crippen LogP contribution is 1.98. The van der Waals surface area contributed by atoms with Gasteiger partial charge in [0, 0.05) is 6.61 Å². The summed E-state index contributed by atoms with van der Waals surface area (Å²) in [6, 6.07) is 0. The molecule has 6 heteroatoms. The second-order valence-electron chi connectivity index (χ2n) is 3.72. The second kappa shape index (κ2) is 7.29. The highest BCUT2D eigenvalue weighted by molar-refractivity contribution is 4.80. The number of nitrogens with one attached hydrogen (secondary N) is 1. The molecule has 0 aliphatic rings. The second-order valence-corrected chi connectivity index (χ2v) is 3.72. The Morgan fingerprint density at radius 2 is 2.25 bits per heavy atom. The summed E-state index contributed by atoms with van der Waals surface area (Å²) >= 11 is 0. The molecule has 1 rings (SSSR count). The topological polar surface area (TPSA) is 64.9 Å². The van der Waals surface area contributed by atoms with Crippen LogP contribution in [-0.4, -0.2) is 39.5 Å². The van der Waals surface area contributed by atoms with Crippen LogP contribution >= 0.6 is 0 Å². The normalized spacial score (nSPS) is 12.9. The molecule has 0 aromatic carbocycles. The van der Waals surface area contributed by atoms with Crippen molar-refractivity contribution < 1.29 is 4.74 Å². The quantitative estimate of drug-likeness (QED) is 0.659. The van der Waals surface area contributed by atoms with Crippen LogP contribution in [0.3, 0.4) is 0 Å². The molecule has 1 unspecified atom stereocenters. The zero-order chi connectivity index (χ0) is 11.8. The molecule has 0 aliphatic carbocycles. The summed E-state index contributed by atoms with van der Waals surface area (Å²) in [5.74, 6) is 0.861. The molecule has 0 radical (unpaired) electrons. The van der Waals surface area contributed by atoms with Crippen molar-refractivity contribution in [2.75, 3.05) is 13.2 Å². The van der Waals surface area contributed by atoms with Crippen LogP contribution in [0.25, 0.3) is 0 Å². The van der Waals surface area contributed by atoms with Gasteiger partial charge in [-0.2, -0.15) is 0 Å². The van der Waals surface area contributed by atoms with E-state index in [2.05, 4.69) is 27.8 Å². The van der Waals surface area contributed by atoms with Crippen LogP contribution in [-0.2, 0) is 17.8 Å². The van der Waals surface area contributed by atoms with E-state index in [0.29, 0.717) is 19.7 Å². The lowest BCUT2D eigenvalue weighted by Crippen LogP contribution is -2.23. The molecule has 6 nitrogen and oxygen atoms in total. The van der Waals surface area contributed by atoms with E-state index in [1.165, 1.54) is 0 Å². The fourth-order valence-corrected chi connectivity index (χ4v) is 1.45. The molecule has 1 aromatic rings. The SMILES string of the molecule is CCCNCc1nnnn1CC(C)OCC. The molecule has 0 amide bonds. The minimum Gasteiger partial charge on any atom is -0.377 e. The van der Waals surface area contributed by atoms with Crippen LogP contribution < -0.4 is 5.32 Å². The lowest BCUT2D eigenvalue weighted by molar-refractivity contribution is 0.0603. The smallest absolute Gasteiger partial charge is 0.165 e. The zero-order valence-corrected chi connectivity index (χ0v) is 10.3. The van der Waals surface area contributed by atoms with Gasteiger partial charge in [-0.25, -0.2) is 4.68 Å². The van der Waals surface area contributed by atoms with Gasteiger partial charge >= 0.3 is 0 Å². The van der Waals surface area contributed by atoms with Gasteiger partial charge in [-0.15, -0.1) is 5.10 Å². The molecule has 0 aliphatic heterocycles. The van der Waals surface area contributed by atoms with Crippen molar-refractivity contribution in [1.29, 1.82) is 0 Å². The van der Waals surface area contributed by atoms with Gasteiger partial charge in [0.25, 0.3) is 0 Å². The Kier molecular flexibility index (Phi) is 5.95. The first kappa shape index (κ1) is 13.1. The molecular formula is C10H21N5O. The maximum atomic E-state index is 5.46. The van der Waals surface area contributed by atoms with Crippen molar-refractivity contribution in [3.05, 3.63) is 5.82 Å². The average molecular weight is 227 g/mol. The third-order valence-electron chi connectivity index (χ3n) is 2.20. The molecule has 16 heavy (non-hydrogen) atoms. The fraction of sp³-hybridized carbons (Fsp3) is 0.900. The van der Waals surface area contributed by atoms with E-state index in [1.807, 2.05) is 13.8 Å². The third kappa shape index (κ3) is 4.24. The first-order chi connectivity index (χ1) is 7.77. The summed E-state index contributed by atoms with van der Waals surface area (Å²) in [7, 11) is 0. The predicted molar refractivity (Wildman–Crippen MR) is 60.9 cm³/mol. The molecule has 0 bridgehead atoms. The molecule has 92 valence electrons. The van der Waals surface area contributed by atoms with Crippen LogP contribution in [0.1, 0.15) is 33.0 Å². The molecular weight excluding hydrogens is 206 g/mol. The van der Waals surface area contributed by atoms with Gasteiger partial charge in [-0.05, 0) is 37.2 Å². The van der Waals surface area contributed by atoms with Gasteiger partial charge in [0.1, 0.15) is 0 Å². The zero-order valence-electron chi connectivity index (χ0n) is 10.3. The van der Waals surface area contributed by atoms with E-state index in [4.69, 9.17) is 4.74 Å². The van der Waals surface area contributed by atoms with E-state index >= 15 is 0 Å². The van der Waals surface area contributed by atoms with Crippen molar-refractivity contribution in [3.8, 4) is 0 Å². The average Bonchev–Trinajstić information content (AvgIpc) is 2.66. The first-order valence-corrected chi connectivity index (χ1v) is 5.85. The number of tetrazole rings is 1. The number of nitrogens with zero attached hydrogens (tertiary/aromatic N) is 4. The Morgan fingerprint density at radius 3 is 2.94 bits per heavy atom. The number of hydrogen-bond acceptors (Lipinski definition) is 5. The molecule has 1 aromatic heterocycles. The maximum absolute atomic E-state index is 5.46. The van der Waals surface area contributed by atoms with E-state index in [0.717, 1.165) is 18.8 Å². The highest BCUT2D eigenvalue weighted by Gasteiger charge is 2.09. The summed E-state index contributed by atoms with van der Waals surface area (Å²) in [6.45, 7) is 9.24. The molecule has 1 N–H and O–H groups in total. The van der Waals surface area contributed by atoms with Crippen molar-refractivity contribution in [1.82, 2.24) is 25.5 Å². The highest BCUT2D eigenvalue weighted by atomic mass is 16.5. The standard InChI is InChI=1S/C10H21N5O/c1-4-6-11-7-10-12-13-14-15(10)8-9(3)16-5-2/h9,11H,4-8H2,1-3H3. The van der Waals surface area contributed by atoms with Gasteiger partial charge in [-0.1, -0.05) is 6.92 Å². The summed E-state index contributed by atoms with van der Waals surface area (Å²) in [5, 5.41) is 14.9. The monoisotopic (exact) mass is 227 g/mol. The molecule has 0 saturated heterocycles. The fourth-order valence-electron chi connectivity index (χ4n) is 1.45. The Morgan fingerprint density at radius 1 is 1.44 bits per heavy atom. The Bertz CT molecular complexity index is 288. The first-order valence-electron chi connectivity index (χ1n) is 5.85. The van der Waals surface area contributed by atoms with Crippen LogP contribution in [0.2, 0.25) is 0 Å². The Hall–Kier alpha value is -1.01. The molecule has 0 spiro atoms. The van der Waals surface area contributed by atoms with Crippen molar-refractivity contribution in [2.45, 2.75) is 46.4 Å². The maximum Gasteiger partial charge on any atom is 0.165 e.